The summed E-state index contributed by atoms with van der Waals surface area (Å²) in [6, 6.07) is 0. The molecule has 0 aliphatic rings. The van der Waals surface area contributed by atoms with Crippen molar-refractivity contribution in [3.05, 3.63) is 0 Å². The number of unbranched alkanes of at least 4 members (excludes halogenated alkanes) is 24. The fourth-order valence-electron chi connectivity index (χ4n) is 4.47. The van der Waals surface area contributed by atoms with Crippen LogP contribution in [0, 0.1) is 0 Å². The fourth-order valence-corrected chi connectivity index (χ4v) is 4.47. The van der Waals surface area contributed by atoms with Crippen molar-refractivity contribution >= 4 is 0 Å². The van der Waals surface area contributed by atoms with E-state index in [0.717, 1.165) is 26.2 Å². The van der Waals surface area contributed by atoms with Gasteiger partial charge < -0.3 is 22.9 Å². The Hall–Kier alpha value is -0.160. The highest BCUT2D eigenvalue weighted by molar-refractivity contribution is 4.51. The summed E-state index contributed by atoms with van der Waals surface area (Å²) in [5.74, 6) is 0. The van der Waals surface area contributed by atoms with Crippen LogP contribution < -0.4 is 22.9 Å². The average molecular weight is 485 g/mol. The first kappa shape index (κ1) is 36.0. The van der Waals surface area contributed by atoms with Gasteiger partial charge >= 0.3 is 0 Å². The topological polar surface area (TPSA) is 104 Å². The molecule has 0 fully saturated rings. The van der Waals surface area contributed by atoms with Crippen LogP contribution in [0.3, 0.4) is 0 Å². The normalized spacial score (nSPS) is 10.9. The molecule has 0 aromatic heterocycles. The standard InChI is InChI=1S/C16H36N2.C14H32N2/c17-15-13-11-9-7-5-3-1-2-4-6-8-10-12-14-16-18;15-13-11-9-7-5-3-1-2-4-6-8-10-12-14-16/h1-18H2;1-16H2. The molecule has 8 N–H and O–H groups in total. The van der Waals surface area contributed by atoms with Crippen molar-refractivity contribution in [2.24, 2.45) is 22.9 Å². The first-order valence-electron chi connectivity index (χ1n) is 15.6. The molecular formula is C30H68N4. The van der Waals surface area contributed by atoms with Gasteiger partial charge in [-0.2, -0.15) is 0 Å². The minimum atomic E-state index is 0.864. The lowest BCUT2D eigenvalue weighted by molar-refractivity contribution is 0.534. The molecule has 0 bridgehead atoms. The van der Waals surface area contributed by atoms with Crippen LogP contribution in [0.15, 0.2) is 0 Å². The molecule has 0 atom stereocenters. The molecule has 0 saturated heterocycles. The zero-order valence-corrected chi connectivity index (χ0v) is 23.5. The predicted octanol–water partition coefficient (Wildman–Crippen LogP) is 7.95. The van der Waals surface area contributed by atoms with E-state index >= 15 is 0 Å². The van der Waals surface area contributed by atoms with Gasteiger partial charge in [-0.1, -0.05) is 141 Å². The van der Waals surface area contributed by atoms with Gasteiger partial charge in [0.15, 0.2) is 0 Å². The molecule has 0 aliphatic carbocycles. The first-order chi connectivity index (χ1) is 16.8. The quantitative estimate of drug-likeness (QED) is 0.0845. The summed E-state index contributed by atoms with van der Waals surface area (Å²) in [5, 5.41) is 0. The first-order valence-corrected chi connectivity index (χ1v) is 15.6. The molecule has 0 spiro atoms. The molecule has 0 radical (unpaired) electrons. The second-order valence-corrected chi connectivity index (χ2v) is 10.3. The molecule has 0 unspecified atom stereocenters. The Labute approximate surface area is 216 Å². The van der Waals surface area contributed by atoms with E-state index in [4.69, 9.17) is 22.9 Å². The summed E-state index contributed by atoms with van der Waals surface area (Å²) in [7, 11) is 0. The fraction of sp³-hybridized carbons (Fsp3) is 1.00. The molecular weight excluding hydrogens is 416 g/mol. The lowest BCUT2D eigenvalue weighted by Gasteiger charge is -2.03. The lowest BCUT2D eigenvalue weighted by atomic mass is 10.0. The molecule has 4 heteroatoms. The summed E-state index contributed by atoms with van der Waals surface area (Å²) in [4.78, 5) is 0. The molecule has 208 valence electrons. The zero-order chi connectivity index (χ0) is 25.2. The van der Waals surface area contributed by atoms with Crippen LogP contribution in [0.4, 0.5) is 0 Å². The van der Waals surface area contributed by atoms with E-state index in [1.54, 1.807) is 0 Å². The molecule has 34 heavy (non-hydrogen) atoms. The van der Waals surface area contributed by atoms with E-state index in [2.05, 4.69) is 0 Å². The van der Waals surface area contributed by atoms with Crippen molar-refractivity contribution in [3.63, 3.8) is 0 Å². The molecule has 0 saturated carbocycles. The highest BCUT2D eigenvalue weighted by atomic mass is 14.5. The van der Waals surface area contributed by atoms with Crippen LogP contribution in [-0.4, -0.2) is 26.2 Å². The summed E-state index contributed by atoms with van der Waals surface area (Å²) >= 11 is 0. The van der Waals surface area contributed by atoms with Crippen molar-refractivity contribution in [2.75, 3.05) is 26.2 Å². The van der Waals surface area contributed by atoms with Crippen molar-refractivity contribution in [1.29, 1.82) is 0 Å². The SMILES string of the molecule is NCCCCCCCCCCCCCCCCN.NCCCCCCCCCCCCCCN. The smallest absolute Gasteiger partial charge is 0.00773 e. The van der Waals surface area contributed by atoms with Crippen LogP contribution in [-0.2, 0) is 0 Å². The lowest BCUT2D eigenvalue weighted by Crippen LogP contribution is -1.97. The minimum Gasteiger partial charge on any atom is -0.330 e. The van der Waals surface area contributed by atoms with Crippen LogP contribution in [0.5, 0.6) is 0 Å². The Kier molecular flexibility index (Phi) is 39.6. The van der Waals surface area contributed by atoms with Crippen molar-refractivity contribution in [3.8, 4) is 0 Å². The van der Waals surface area contributed by atoms with Crippen LogP contribution >= 0.6 is 0 Å². The largest absolute Gasteiger partial charge is 0.330 e. The molecule has 0 rings (SSSR count). The Balaban J connectivity index is 0. The van der Waals surface area contributed by atoms with Gasteiger partial charge in [0.2, 0.25) is 0 Å². The van der Waals surface area contributed by atoms with E-state index in [-0.39, 0.29) is 0 Å². The van der Waals surface area contributed by atoms with E-state index < -0.39 is 0 Å². The number of rotatable bonds is 28. The third-order valence-electron chi connectivity index (χ3n) is 6.82. The summed E-state index contributed by atoms with van der Waals surface area (Å²) in [6.45, 7) is 3.46. The Bertz CT molecular complexity index is 282. The second-order valence-electron chi connectivity index (χ2n) is 10.3. The second kappa shape index (κ2) is 37.4. The van der Waals surface area contributed by atoms with Crippen molar-refractivity contribution in [2.45, 2.75) is 167 Å². The predicted molar refractivity (Wildman–Crippen MR) is 156 cm³/mol. The average Bonchev–Trinajstić information content (AvgIpc) is 2.85. The van der Waals surface area contributed by atoms with Gasteiger partial charge in [-0.25, -0.2) is 0 Å². The Morgan fingerprint density at radius 2 is 0.235 bits per heavy atom. The third-order valence-corrected chi connectivity index (χ3v) is 6.82. The molecule has 0 aromatic carbocycles. The molecule has 0 aromatic rings. The maximum atomic E-state index is 5.47. The number of hydrogen-bond acceptors (Lipinski definition) is 4. The Morgan fingerprint density at radius 3 is 0.324 bits per heavy atom. The van der Waals surface area contributed by atoms with E-state index in [1.807, 2.05) is 0 Å². The minimum absolute atomic E-state index is 0.864. The molecule has 0 heterocycles. The van der Waals surface area contributed by atoms with E-state index in [9.17, 15) is 0 Å². The molecule has 4 nitrogen and oxygen atoms in total. The van der Waals surface area contributed by atoms with E-state index in [0.29, 0.717) is 0 Å². The highest BCUT2D eigenvalue weighted by Crippen LogP contribution is 2.13. The van der Waals surface area contributed by atoms with Crippen LogP contribution in [0.1, 0.15) is 167 Å². The van der Waals surface area contributed by atoms with Crippen molar-refractivity contribution < 1.29 is 0 Å². The summed E-state index contributed by atoms with van der Waals surface area (Å²) in [6.07, 6.45) is 35.7. The maximum Gasteiger partial charge on any atom is -0.00773 e. The van der Waals surface area contributed by atoms with Gasteiger partial charge in [0.25, 0.3) is 0 Å². The van der Waals surface area contributed by atoms with Gasteiger partial charge in [-0.15, -0.1) is 0 Å². The maximum absolute atomic E-state index is 5.47. The Morgan fingerprint density at radius 1 is 0.147 bits per heavy atom. The van der Waals surface area contributed by atoms with Gasteiger partial charge in [-0.3, -0.25) is 0 Å². The highest BCUT2D eigenvalue weighted by Gasteiger charge is 1.94. The van der Waals surface area contributed by atoms with Gasteiger partial charge in [0.05, 0.1) is 0 Å². The third kappa shape index (κ3) is 39.1. The number of nitrogens with two attached hydrogens (primary N) is 4. The van der Waals surface area contributed by atoms with E-state index in [1.165, 1.54) is 167 Å². The van der Waals surface area contributed by atoms with Crippen LogP contribution in [0.25, 0.3) is 0 Å². The van der Waals surface area contributed by atoms with Gasteiger partial charge in [0.1, 0.15) is 0 Å². The zero-order valence-electron chi connectivity index (χ0n) is 23.5. The molecule has 0 aliphatic heterocycles. The summed E-state index contributed by atoms with van der Waals surface area (Å²) in [5.41, 5.74) is 21.8. The summed E-state index contributed by atoms with van der Waals surface area (Å²) < 4.78 is 0. The van der Waals surface area contributed by atoms with Gasteiger partial charge in [-0.05, 0) is 51.9 Å². The number of hydrogen-bond donors (Lipinski definition) is 4. The van der Waals surface area contributed by atoms with Crippen molar-refractivity contribution in [1.82, 2.24) is 0 Å². The molecule has 0 amide bonds. The monoisotopic (exact) mass is 485 g/mol. The van der Waals surface area contributed by atoms with Gasteiger partial charge in [0, 0.05) is 0 Å². The van der Waals surface area contributed by atoms with Crippen LogP contribution in [0.2, 0.25) is 0 Å².